The highest BCUT2D eigenvalue weighted by molar-refractivity contribution is 7.10. The lowest BCUT2D eigenvalue weighted by atomic mass is 10.2. The van der Waals surface area contributed by atoms with Gasteiger partial charge in [0.2, 0.25) is 0 Å². The van der Waals surface area contributed by atoms with E-state index in [1.54, 1.807) is 11.3 Å². The van der Waals surface area contributed by atoms with Crippen molar-refractivity contribution >= 4 is 28.6 Å². The minimum Gasteiger partial charge on any atom is -0.377 e. The van der Waals surface area contributed by atoms with Crippen molar-refractivity contribution in [2.24, 2.45) is 0 Å². The molecule has 0 saturated carbocycles. The molecule has 1 atom stereocenters. The minimum absolute atomic E-state index is 0.00534. The van der Waals surface area contributed by atoms with Gasteiger partial charge >= 0.3 is 6.18 Å². The summed E-state index contributed by atoms with van der Waals surface area (Å²) in [7, 11) is 0. The zero-order chi connectivity index (χ0) is 14.0. The van der Waals surface area contributed by atoms with E-state index in [-0.39, 0.29) is 11.1 Å². The summed E-state index contributed by atoms with van der Waals surface area (Å²) in [5.74, 6) is 0. The first-order valence-corrected chi connectivity index (χ1v) is 6.80. The molecule has 0 amide bonds. The number of benzene rings is 1. The van der Waals surface area contributed by atoms with Gasteiger partial charge in [-0.15, -0.1) is 11.3 Å². The average molecular weight is 306 g/mol. The first-order chi connectivity index (χ1) is 8.88. The molecule has 1 heterocycles. The average Bonchev–Trinajstić information content (AvgIpc) is 2.84. The second-order valence-electron chi connectivity index (χ2n) is 4.07. The van der Waals surface area contributed by atoms with Gasteiger partial charge in [-0.05, 0) is 36.6 Å². The lowest BCUT2D eigenvalue weighted by Crippen LogP contribution is -2.08. The molecule has 6 heteroatoms. The number of alkyl halides is 3. The Morgan fingerprint density at radius 3 is 2.53 bits per heavy atom. The van der Waals surface area contributed by atoms with Crippen LogP contribution in [0.2, 0.25) is 5.02 Å². The van der Waals surface area contributed by atoms with Crippen molar-refractivity contribution in [1.29, 1.82) is 0 Å². The number of hydrogen-bond acceptors (Lipinski definition) is 2. The highest BCUT2D eigenvalue weighted by Gasteiger charge is 2.30. The van der Waals surface area contributed by atoms with Gasteiger partial charge in [0, 0.05) is 4.88 Å². The summed E-state index contributed by atoms with van der Waals surface area (Å²) in [6.45, 7) is 1.93. The summed E-state index contributed by atoms with van der Waals surface area (Å²) in [6, 6.07) is 7.19. The summed E-state index contributed by atoms with van der Waals surface area (Å²) >= 11 is 7.46. The third kappa shape index (κ3) is 3.42. The summed E-state index contributed by atoms with van der Waals surface area (Å²) < 4.78 is 37.5. The van der Waals surface area contributed by atoms with E-state index in [4.69, 9.17) is 11.6 Å². The van der Waals surface area contributed by atoms with Gasteiger partial charge in [-0.3, -0.25) is 0 Å². The van der Waals surface area contributed by atoms with Crippen molar-refractivity contribution in [3.8, 4) is 0 Å². The SMILES string of the molecule is CC(Nc1ccc(C(F)(F)F)cc1Cl)c1cccs1. The highest BCUT2D eigenvalue weighted by atomic mass is 35.5. The van der Waals surface area contributed by atoms with E-state index in [1.165, 1.54) is 6.07 Å². The van der Waals surface area contributed by atoms with Crippen LogP contribution in [0, 0.1) is 0 Å². The zero-order valence-electron chi connectivity index (χ0n) is 9.96. The number of nitrogens with one attached hydrogen (secondary N) is 1. The Morgan fingerprint density at radius 1 is 1.26 bits per heavy atom. The van der Waals surface area contributed by atoms with E-state index >= 15 is 0 Å². The molecule has 0 aliphatic heterocycles. The molecule has 0 aliphatic rings. The van der Waals surface area contributed by atoms with Crippen LogP contribution in [0.1, 0.15) is 23.4 Å². The predicted octanol–water partition coefficient (Wildman–Crippen LogP) is 5.59. The first kappa shape index (κ1) is 14.2. The number of rotatable bonds is 3. The van der Waals surface area contributed by atoms with E-state index in [1.807, 2.05) is 24.4 Å². The van der Waals surface area contributed by atoms with Crippen LogP contribution in [-0.2, 0) is 6.18 Å². The molecular formula is C13H11ClF3NS. The normalized spacial score (nSPS) is 13.3. The summed E-state index contributed by atoms with van der Waals surface area (Å²) in [5.41, 5.74) is -0.248. The Bertz CT molecular complexity index is 552. The van der Waals surface area contributed by atoms with E-state index in [9.17, 15) is 13.2 Å². The summed E-state index contributed by atoms with van der Waals surface area (Å²) in [6.07, 6.45) is -4.37. The topological polar surface area (TPSA) is 12.0 Å². The Morgan fingerprint density at radius 2 is 2.00 bits per heavy atom. The summed E-state index contributed by atoms with van der Waals surface area (Å²) in [5, 5.41) is 5.12. The Labute approximate surface area is 118 Å². The second-order valence-corrected chi connectivity index (χ2v) is 5.46. The standard InChI is InChI=1S/C13H11ClF3NS/c1-8(12-3-2-6-19-12)18-11-5-4-9(7-10(11)14)13(15,16)17/h2-8,18H,1H3. The fourth-order valence-corrected chi connectivity index (χ4v) is 2.62. The maximum atomic E-state index is 12.5. The largest absolute Gasteiger partial charge is 0.416 e. The molecule has 1 unspecified atom stereocenters. The van der Waals surface area contributed by atoms with Crippen molar-refractivity contribution in [2.45, 2.75) is 19.1 Å². The molecule has 1 N–H and O–H groups in total. The first-order valence-electron chi connectivity index (χ1n) is 5.54. The van der Waals surface area contributed by atoms with Crippen molar-refractivity contribution in [3.63, 3.8) is 0 Å². The van der Waals surface area contributed by atoms with Gasteiger partial charge in [-0.25, -0.2) is 0 Å². The lowest BCUT2D eigenvalue weighted by Gasteiger charge is -2.16. The molecule has 1 aromatic heterocycles. The predicted molar refractivity (Wildman–Crippen MR) is 72.8 cm³/mol. The van der Waals surface area contributed by atoms with Gasteiger partial charge in [-0.2, -0.15) is 13.2 Å². The zero-order valence-corrected chi connectivity index (χ0v) is 11.5. The fraction of sp³-hybridized carbons (Fsp3) is 0.231. The molecule has 0 fully saturated rings. The molecule has 2 rings (SSSR count). The van der Waals surface area contributed by atoms with E-state index < -0.39 is 11.7 Å². The van der Waals surface area contributed by atoms with Gasteiger partial charge < -0.3 is 5.32 Å². The van der Waals surface area contributed by atoms with Crippen LogP contribution in [0.4, 0.5) is 18.9 Å². The molecule has 1 nitrogen and oxygen atoms in total. The van der Waals surface area contributed by atoms with Gasteiger partial charge in [0.1, 0.15) is 0 Å². The van der Waals surface area contributed by atoms with Gasteiger partial charge in [-0.1, -0.05) is 17.7 Å². The van der Waals surface area contributed by atoms with Crippen LogP contribution in [0.15, 0.2) is 35.7 Å². The quantitative estimate of drug-likeness (QED) is 0.779. The number of halogens is 4. The number of anilines is 1. The number of thiophene rings is 1. The van der Waals surface area contributed by atoms with Crippen molar-refractivity contribution in [2.75, 3.05) is 5.32 Å². The van der Waals surface area contributed by atoms with E-state index in [2.05, 4.69) is 5.32 Å². The van der Waals surface area contributed by atoms with E-state index in [0.29, 0.717) is 5.69 Å². The third-order valence-corrected chi connectivity index (χ3v) is 4.01. The van der Waals surface area contributed by atoms with Crippen LogP contribution >= 0.6 is 22.9 Å². The van der Waals surface area contributed by atoms with Crippen LogP contribution in [0.3, 0.4) is 0 Å². The third-order valence-electron chi connectivity index (χ3n) is 2.64. The maximum Gasteiger partial charge on any atom is 0.416 e. The second kappa shape index (κ2) is 5.43. The minimum atomic E-state index is -4.37. The fourth-order valence-electron chi connectivity index (χ4n) is 1.65. The molecule has 0 saturated heterocycles. The van der Waals surface area contributed by atoms with Crippen LogP contribution in [-0.4, -0.2) is 0 Å². The Kier molecular flexibility index (Phi) is 4.06. The van der Waals surface area contributed by atoms with Crippen molar-refractivity contribution < 1.29 is 13.2 Å². The summed E-state index contributed by atoms with van der Waals surface area (Å²) in [4.78, 5) is 1.09. The molecule has 0 aliphatic carbocycles. The van der Waals surface area contributed by atoms with Crippen LogP contribution in [0.5, 0.6) is 0 Å². The van der Waals surface area contributed by atoms with Crippen molar-refractivity contribution in [3.05, 3.63) is 51.2 Å². The van der Waals surface area contributed by atoms with E-state index in [0.717, 1.165) is 17.0 Å². The molecule has 19 heavy (non-hydrogen) atoms. The maximum absolute atomic E-state index is 12.5. The highest BCUT2D eigenvalue weighted by Crippen LogP contribution is 2.35. The van der Waals surface area contributed by atoms with Crippen LogP contribution < -0.4 is 5.32 Å². The molecule has 0 spiro atoms. The molecule has 1 aromatic carbocycles. The van der Waals surface area contributed by atoms with Gasteiger partial charge in [0.25, 0.3) is 0 Å². The smallest absolute Gasteiger partial charge is 0.377 e. The molecule has 102 valence electrons. The monoisotopic (exact) mass is 305 g/mol. The lowest BCUT2D eigenvalue weighted by molar-refractivity contribution is -0.137. The molecule has 0 radical (unpaired) electrons. The molecule has 2 aromatic rings. The van der Waals surface area contributed by atoms with Gasteiger partial charge in [0.15, 0.2) is 0 Å². The van der Waals surface area contributed by atoms with Crippen LogP contribution in [0.25, 0.3) is 0 Å². The van der Waals surface area contributed by atoms with Gasteiger partial charge in [0.05, 0.1) is 22.3 Å². The molecular weight excluding hydrogens is 295 g/mol. The van der Waals surface area contributed by atoms with Crippen molar-refractivity contribution in [1.82, 2.24) is 0 Å². The number of hydrogen-bond donors (Lipinski definition) is 1. The molecule has 0 bridgehead atoms. The Balaban J connectivity index is 2.18. The Hall–Kier alpha value is -1.20.